The van der Waals surface area contributed by atoms with Gasteiger partial charge in [0, 0.05) is 19.2 Å². The molecule has 3 nitrogen and oxygen atoms in total. The summed E-state index contributed by atoms with van der Waals surface area (Å²) in [6, 6.07) is 0.742. The quantitative estimate of drug-likeness (QED) is 0.805. The predicted molar refractivity (Wildman–Crippen MR) is 80.2 cm³/mol. The topological polar surface area (TPSA) is 38.5 Å². The number of ether oxygens (including phenoxy) is 1. The van der Waals surface area contributed by atoms with Crippen molar-refractivity contribution >= 4 is 0 Å². The van der Waals surface area contributed by atoms with E-state index in [9.17, 15) is 0 Å². The zero-order valence-electron chi connectivity index (χ0n) is 13.0. The number of hydrogen-bond acceptors (Lipinski definition) is 3. The fourth-order valence-corrected chi connectivity index (χ4v) is 3.92. The van der Waals surface area contributed by atoms with Crippen LogP contribution in [0.4, 0.5) is 0 Å². The molecule has 0 bridgehead atoms. The molecule has 0 radical (unpaired) electrons. The second-order valence-electron chi connectivity index (χ2n) is 6.88. The molecular formula is C16H32N2O. The van der Waals surface area contributed by atoms with Crippen LogP contribution in [0.25, 0.3) is 0 Å². The third-order valence-corrected chi connectivity index (χ3v) is 5.30. The fraction of sp³-hybridized carbons (Fsp3) is 1.00. The number of hydrogen-bond donors (Lipinski definition) is 1. The third-order valence-electron chi connectivity index (χ3n) is 5.30. The molecule has 1 aliphatic heterocycles. The molecule has 0 aromatic heterocycles. The van der Waals surface area contributed by atoms with Crippen molar-refractivity contribution in [3.63, 3.8) is 0 Å². The minimum absolute atomic E-state index is 0.101. The average Bonchev–Trinajstić information content (AvgIpc) is 3.00. The highest BCUT2D eigenvalue weighted by molar-refractivity contribution is 5.03. The minimum Gasteiger partial charge on any atom is -0.376 e. The Morgan fingerprint density at radius 1 is 1.32 bits per heavy atom. The molecule has 2 fully saturated rings. The van der Waals surface area contributed by atoms with Crippen LogP contribution in [0.3, 0.4) is 0 Å². The molecule has 2 unspecified atom stereocenters. The van der Waals surface area contributed by atoms with E-state index in [-0.39, 0.29) is 11.6 Å². The van der Waals surface area contributed by atoms with Gasteiger partial charge in [0.15, 0.2) is 0 Å². The van der Waals surface area contributed by atoms with Crippen molar-refractivity contribution in [3.8, 4) is 0 Å². The van der Waals surface area contributed by atoms with Crippen LogP contribution in [0, 0.1) is 5.92 Å². The van der Waals surface area contributed by atoms with Gasteiger partial charge in [-0.3, -0.25) is 4.90 Å². The van der Waals surface area contributed by atoms with Gasteiger partial charge in [-0.2, -0.15) is 0 Å². The van der Waals surface area contributed by atoms with Crippen LogP contribution in [-0.2, 0) is 4.74 Å². The number of nitrogens with two attached hydrogens (primary N) is 1. The van der Waals surface area contributed by atoms with E-state index < -0.39 is 0 Å². The molecule has 0 aromatic rings. The standard InChI is InChI=1S/C16H32N2O/c1-13(2)8-10-18(15-6-4-5-7-15)16(12-17)9-11-19-14(16)3/h13-15H,4-12,17H2,1-3H3. The Balaban J connectivity index is 2.14. The molecular weight excluding hydrogens is 236 g/mol. The van der Waals surface area contributed by atoms with Gasteiger partial charge in [-0.1, -0.05) is 26.7 Å². The maximum absolute atomic E-state index is 6.21. The normalized spacial score (nSPS) is 32.8. The number of nitrogens with zero attached hydrogens (tertiary/aromatic N) is 1. The van der Waals surface area contributed by atoms with Crippen LogP contribution in [0.2, 0.25) is 0 Å². The van der Waals surface area contributed by atoms with E-state index in [0.29, 0.717) is 0 Å². The van der Waals surface area contributed by atoms with Crippen LogP contribution in [0.5, 0.6) is 0 Å². The van der Waals surface area contributed by atoms with Gasteiger partial charge in [0.05, 0.1) is 11.6 Å². The Hall–Kier alpha value is -0.120. The first kappa shape index (κ1) is 15.3. The lowest BCUT2D eigenvalue weighted by Gasteiger charge is -2.46. The Labute approximate surface area is 118 Å². The maximum Gasteiger partial charge on any atom is 0.0743 e. The van der Waals surface area contributed by atoms with Gasteiger partial charge in [0.1, 0.15) is 0 Å². The number of rotatable bonds is 6. The van der Waals surface area contributed by atoms with Crippen LogP contribution < -0.4 is 5.73 Å². The van der Waals surface area contributed by atoms with Crippen molar-refractivity contribution in [3.05, 3.63) is 0 Å². The van der Waals surface area contributed by atoms with Gasteiger partial charge in [-0.25, -0.2) is 0 Å². The summed E-state index contributed by atoms with van der Waals surface area (Å²) < 4.78 is 5.89. The highest BCUT2D eigenvalue weighted by atomic mass is 16.5. The van der Waals surface area contributed by atoms with Crippen molar-refractivity contribution in [1.29, 1.82) is 0 Å². The van der Waals surface area contributed by atoms with Gasteiger partial charge >= 0.3 is 0 Å². The van der Waals surface area contributed by atoms with E-state index in [4.69, 9.17) is 10.5 Å². The first-order chi connectivity index (χ1) is 9.10. The van der Waals surface area contributed by atoms with E-state index in [1.807, 2.05) is 0 Å². The Kier molecular flexibility index (Phi) is 5.27. The minimum atomic E-state index is 0.101. The maximum atomic E-state index is 6.21. The lowest BCUT2D eigenvalue weighted by atomic mass is 9.87. The molecule has 2 rings (SSSR count). The molecule has 1 heterocycles. The average molecular weight is 268 g/mol. The molecule has 1 aliphatic carbocycles. The van der Waals surface area contributed by atoms with E-state index in [0.717, 1.165) is 31.5 Å². The molecule has 2 aliphatic rings. The third kappa shape index (κ3) is 3.14. The summed E-state index contributed by atoms with van der Waals surface area (Å²) in [4.78, 5) is 2.75. The summed E-state index contributed by atoms with van der Waals surface area (Å²) >= 11 is 0. The summed E-state index contributed by atoms with van der Waals surface area (Å²) in [5.74, 6) is 0.761. The first-order valence-corrected chi connectivity index (χ1v) is 8.18. The van der Waals surface area contributed by atoms with Crippen molar-refractivity contribution in [2.24, 2.45) is 11.7 Å². The van der Waals surface area contributed by atoms with Crippen LogP contribution in [0.15, 0.2) is 0 Å². The molecule has 0 aromatic carbocycles. The molecule has 3 heteroatoms. The summed E-state index contributed by atoms with van der Waals surface area (Å²) in [7, 11) is 0. The SMILES string of the molecule is CC(C)CCN(C1CCCC1)C1(CN)CCOC1C. The largest absolute Gasteiger partial charge is 0.376 e. The van der Waals surface area contributed by atoms with Crippen molar-refractivity contribution < 1.29 is 4.74 Å². The predicted octanol–water partition coefficient (Wildman–Crippen LogP) is 2.78. The summed E-state index contributed by atoms with van der Waals surface area (Å²) in [6.07, 6.45) is 8.14. The fourth-order valence-electron chi connectivity index (χ4n) is 3.92. The van der Waals surface area contributed by atoms with Crippen LogP contribution in [0.1, 0.15) is 59.3 Å². The molecule has 19 heavy (non-hydrogen) atoms. The van der Waals surface area contributed by atoms with Crippen molar-refractivity contribution in [2.45, 2.75) is 77.0 Å². The molecule has 1 saturated carbocycles. The van der Waals surface area contributed by atoms with Crippen molar-refractivity contribution in [2.75, 3.05) is 19.7 Å². The second-order valence-corrected chi connectivity index (χ2v) is 6.88. The molecule has 1 saturated heterocycles. The first-order valence-electron chi connectivity index (χ1n) is 8.18. The highest BCUT2D eigenvalue weighted by Crippen LogP contribution is 2.37. The Morgan fingerprint density at radius 2 is 2.00 bits per heavy atom. The van der Waals surface area contributed by atoms with Gasteiger partial charge < -0.3 is 10.5 Å². The van der Waals surface area contributed by atoms with E-state index in [2.05, 4.69) is 25.7 Å². The molecule has 0 amide bonds. The summed E-state index contributed by atoms with van der Waals surface area (Å²) in [5.41, 5.74) is 6.31. The van der Waals surface area contributed by atoms with Gasteiger partial charge in [0.25, 0.3) is 0 Å². The van der Waals surface area contributed by atoms with Crippen LogP contribution in [-0.4, -0.2) is 42.3 Å². The molecule has 112 valence electrons. The van der Waals surface area contributed by atoms with E-state index >= 15 is 0 Å². The monoisotopic (exact) mass is 268 g/mol. The lowest BCUT2D eigenvalue weighted by Crippen LogP contribution is -2.61. The van der Waals surface area contributed by atoms with Gasteiger partial charge in [0.2, 0.25) is 0 Å². The molecule has 2 atom stereocenters. The van der Waals surface area contributed by atoms with Gasteiger partial charge in [-0.15, -0.1) is 0 Å². The van der Waals surface area contributed by atoms with Crippen LogP contribution >= 0.6 is 0 Å². The Bertz CT molecular complexity index is 276. The lowest BCUT2D eigenvalue weighted by molar-refractivity contribution is -0.0118. The molecule has 0 spiro atoms. The highest BCUT2D eigenvalue weighted by Gasteiger charge is 2.47. The second kappa shape index (κ2) is 6.55. The summed E-state index contributed by atoms with van der Waals surface area (Å²) in [5, 5.41) is 0. The zero-order chi connectivity index (χ0) is 13.9. The summed E-state index contributed by atoms with van der Waals surface area (Å²) in [6.45, 7) is 9.66. The zero-order valence-corrected chi connectivity index (χ0v) is 13.0. The van der Waals surface area contributed by atoms with E-state index in [1.165, 1.54) is 38.6 Å². The van der Waals surface area contributed by atoms with E-state index in [1.54, 1.807) is 0 Å². The van der Waals surface area contributed by atoms with Gasteiger partial charge in [-0.05, 0) is 45.1 Å². The molecule has 2 N–H and O–H groups in total. The Morgan fingerprint density at radius 3 is 2.47 bits per heavy atom. The van der Waals surface area contributed by atoms with Crippen molar-refractivity contribution in [1.82, 2.24) is 4.90 Å². The smallest absolute Gasteiger partial charge is 0.0743 e.